The van der Waals surface area contributed by atoms with E-state index in [2.05, 4.69) is 76.5 Å². The molecule has 0 N–H and O–H groups in total. The van der Waals surface area contributed by atoms with Crippen LogP contribution >= 0.6 is 11.8 Å². The van der Waals surface area contributed by atoms with E-state index in [1.54, 1.807) is 7.11 Å². The van der Waals surface area contributed by atoms with Gasteiger partial charge in [0.2, 0.25) is 5.91 Å². The summed E-state index contributed by atoms with van der Waals surface area (Å²) < 4.78 is 5.29. The molecular formula is C29H34N2O2S. The van der Waals surface area contributed by atoms with Gasteiger partial charge in [-0.1, -0.05) is 60.7 Å². The molecule has 0 aliphatic carbocycles. The fraction of sp³-hybridized carbons (Fsp3) is 0.345. The summed E-state index contributed by atoms with van der Waals surface area (Å²) in [5.41, 5.74) is 2.63. The van der Waals surface area contributed by atoms with Gasteiger partial charge in [0.15, 0.2) is 0 Å². The molecule has 1 atom stereocenters. The van der Waals surface area contributed by atoms with Crippen LogP contribution in [0.1, 0.15) is 17.5 Å². The summed E-state index contributed by atoms with van der Waals surface area (Å²) in [5, 5.41) is 0. The third kappa shape index (κ3) is 7.12. The molecule has 1 aliphatic rings. The summed E-state index contributed by atoms with van der Waals surface area (Å²) in [5.74, 6) is 2.01. The van der Waals surface area contributed by atoms with Crippen LogP contribution in [0.3, 0.4) is 0 Å². The Balaban J connectivity index is 1.41. The number of hydrogen-bond donors (Lipinski definition) is 0. The lowest BCUT2D eigenvalue weighted by atomic mass is 10.1. The highest BCUT2D eigenvalue weighted by Crippen LogP contribution is 2.25. The quantitative estimate of drug-likeness (QED) is 0.379. The van der Waals surface area contributed by atoms with Crippen molar-refractivity contribution in [3.8, 4) is 5.75 Å². The molecule has 4 rings (SSSR count). The maximum absolute atomic E-state index is 13.2. The van der Waals surface area contributed by atoms with Crippen LogP contribution in [-0.2, 0) is 17.6 Å². The second-order valence-electron chi connectivity index (χ2n) is 8.74. The number of methoxy groups -OCH3 is 1. The van der Waals surface area contributed by atoms with Crippen LogP contribution in [0, 0.1) is 0 Å². The Kier molecular flexibility index (Phi) is 9.05. The van der Waals surface area contributed by atoms with Crippen LogP contribution in [0.5, 0.6) is 5.75 Å². The summed E-state index contributed by atoms with van der Waals surface area (Å²) in [7, 11) is 1.69. The van der Waals surface area contributed by atoms with Crippen molar-refractivity contribution in [2.75, 3.05) is 39.0 Å². The second kappa shape index (κ2) is 12.6. The molecule has 4 nitrogen and oxygen atoms in total. The Hall–Kier alpha value is -2.76. The first-order valence-corrected chi connectivity index (χ1v) is 13.1. The first-order chi connectivity index (χ1) is 16.7. The van der Waals surface area contributed by atoms with E-state index in [1.807, 2.05) is 30.0 Å². The third-order valence-corrected chi connectivity index (χ3v) is 7.59. The van der Waals surface area contributed by atoms with E-state index in [4.69, 9.17) is 4.74 Å². The molecule has 34 heavy (non-hydrogen) atoms. The van der Waals surface area contributed by atoms with Gasteiger partial charge in [0, 0.05) is 49.3 Å². The number of ether oxygens (including phenoxy) is 1. The van der Waals surface area contributed by atoms with Gasteiger partial charge in [0.05, 0.1) is 7.11 Å². The first kappa shape index (κ1) is 24.4. The molecule has 0 saturated carbocycles. The SMILES string of the molecule is COc1ccc(SC[C@H](Cc2ccccc2)N2CCN(CCc3ccccc3)CCC2=O)cc1. The largest absolute Gasteiger partial charge is 0.497 e. The molecule has 1 fully saturated rings. The van der Waals surface area contributed by atoms with Crippen molar-refractivity contribution >= 4 is 17.7 Å². The van der Waals surface area contributed by atoms with Gasteiger partial charge in [-0.15, -0.1) is 11.8 Å². The molecular weight excluding hydrogens is 440 g/mol. The number of benzene rings is 3. The summed E-state index contributed by atoms with van der Waals surface area (Å²) in [4.78, 5) is 19.0. The third-order valence-electron chi connectivity index (χ3n) is 6.44. The van der Waals surface area contributed by atoms with Gasteiger partial charge in [-0.3, -0.25) is 4.79 Å². The monoisotopic (exact) mass is 474 g/mol. The number of amides is 1. The zero-order valence-corrected chi connectivity index (χ0v) is 20.8. The predicted octanol–water partition coefficient (Wildman–Crippen LogP) is 5.18. The van der Waals surface area contributed by atoms with Gasteiger partial charge in [0.1, 0.15) is 5.75 Å². The lowest BCUT2D eigenvalue weighted by Gasteiger charge is -2.31. The Labute approximate surface area is 207 Å². The van der Waals surface area contributed by atoms with Crippen LogP contribution in [0.15, 0.2) is 89.8 Å². The Morgan fingerprint density at radius 2 is 1.53 bits per heavy atom. The minimum absolute atomic E-state index is 0.163. The predicted molar refractivity (Wildman–Crippen MR) is 141 cm³/mol. The topological polar surface area (TPSA) is 32.8 Å². The maximum Gasteiger partial charge on any atom is 0.224 e. The normalized spacial score (nSPS) is 15.7. The highest BCUT2D eigenvalue weighted by Gasteiger charge is 2.27. The van der Waals surface area contributed by atoms with Gasteiger partial charge in [-0.05, 0) is 48.2 Å². The van der Waals surface area contributed by atoms with Crippen LogP contribution in [0.4, 0.5) is 0 Å². The second-order valence-corrected chi connectivity index (χ2v) is 9.84. The van der Waals surface area contributed by atoms with E-state index in [0.29, 0.717) is 6.42 Å². The van der Waals surface area contributed by atoms with Crippen molar-refractivity contribution < 1.29 is 9.53 Å². The lowest BCUT2D eigenvalue weighted by Crippen LogP contribution is -2.44. The number of nitrogens with zero attached hydrogens (tertiary/aromatic N) is 2. The van der Waals surface area contributed by atoms with Gasteiger partial charge in [-0.25, -0.2) is 0 Å². The van der Waals surface area contributed by atoms with Crippen molar-refractivity contribution in [2.24, 2.45) is 0 Å². The van der Waals surface area contributed by atoms with Gasteiger partial charge < -0.3 is 14.5 Å². The molecule has 0 bridgehead atoms. The fourth-order valence-corrected chi connectivity index (χ4v) is 5.45. The standard InChI is InChI=1S/C29H34N2O2S/c1-33-27-12-14-28(15-13-27)34-23-26(22-25-10-6-3-7-11-25)31-21-20-30(19-17-29(31)32)18-16-24-8-4-2-5-9-24/h2-15,26H,16-23H2,1H3/t26-/m0/s1. The highest BCUT2D eigenvalue weighted by molar-refractivity contribution is 7.99. The minimum Gasteiger partial charge on any atom is -0.497 e. The van der Waals surface area contributed by atoms with E-state index < -0.39 is 0 Å². The van der Waals surface area contributed by atoms with Crippen LogP contribution in [0.2, 0.25) is 0 Å². The zero-order chi connectivity index (χ0) is 23.6. The number of carbonyl (C=O) groups excluding carboxylic acids is 1. The zero-order valence-electron chi connectivity index (χ0n) is 19.9. The van der Waals surface area contributed by atoms with Gasteiger partial charge >= 0.3 is 0 Å². The van der Waals surface area contributed by atoms with E-state index in [1.165, 1.54) is 16.0 Å². The minimum atomic E-state index is 0.163. The fourth-order valence-electron chi connectivity index (χ4n) is 4.43. The van der Waals surface area contributed by atoms with Crippen molar-refractivity contribution in [3.63, 3.8) is 0 Å². The molecule has 3 aromatic rings. The molecule has 1 amide bonds. The van der Waals surface area contributed by atoms with Crippen LogP contribution in [-0.4, -0.2) is 60.8 Å². The molecule has 1 aliphatic heterocycles. The molecule has 0 unspecified atom stereocenters. The number of thioether (sulfide) groups is 1. The average Bonchev–Trinajstić information content (AvgIpc) is 3.08. The maximum atomic E-state index is 13.2. The van der Waals surface area contributed by atoms with E-state index in [0.717, 1.165) is 50.5 Å². The molecule has 0 aromatic heterocycles. The Bertz CT molecular complexity index is 1010. The molecule has 0 spiro atoms. The van der Waals surface area contributed by atoms with E-state index >= 15 is 0 Å². The van der Waals surface area contributed by atoms with E-state index in [9.17, 15) is 4.79 Å². The average molecular weight is 475 g/mol. The van der Waals surface area contributed by atoms with Crippen molar-refractivity contribution in [2.45, 2.75) is 30.2 Å². The molecule has 5 heteroatoms. The summed E-state index contributed by atoms with van der Waals surface area (Å²) in [6.45, 7) is 3.55. The van der Waals surface area contributed by atoms with Gasteiger partial charge in [-0.2, -0.15) is 0 Å². The summed E-state index contributed by atoms with van der Waals surface area (Å²) in [6.07, 6.45) is 2.49. The van der Waals surface area contributed by atoms with E-state index in [-0.39, 0.29) is 11.9 Å². The van der Waals surface area contributed by atoms with Crippen LogP contribution in [0.25, 0.3) is 0 Å². The Morgan fingerprint density at radius 3 is 2.21 bits per heavy atom. The molecule has 3 aromatic carbocycles. The molecule has 1 saturated heterocycles. The Morgan fingerprint density at radius 1 is 0.853 bits per heavy atom. The van der Waals surface area contributed by atoms with Crippen LogP contribution < -0.4 is 4.74 Å². The van der Waals surface area contributed by atoms with Crippen molar-refractivity contribution in [1.29, 1.82) is 0 Å². The summed E-state index contributed by atoms with van der Waals surface area (Å²) in [6, 6.07) is 29.5. The molecule has 0 radical (unpaired) electrons. The lowest BCUT2D eigenvalue weighted by molar-refractivity contribution is -0.132. The highest BCUT2D eigenvalue weighted by atomic mass is 32.2. The van der Waals surface area contributed by atoms with Crippen molar-refractivity contribution in [1.82, 2.24) is 9.80 Å². The van der Waals surface area contributed by atoms with Crippen molar-refractivity contribution in [3.05, 3.63) is 96.1 Å². The smallest absolute Gasteiger partial charge is 0.224 e. The number of hydrogen-bond acceptors (Lipinski definition) is 4. The number of carbonyl (C=O) groups is 1. The van der Waals surface area contributed by atoms with Gasteiger partial charge in [0.25, 0.3) is 0 Å². The first-order valence-electron chi connectivity index (χ1n) is 12.1. The number of rotatable bonds is 10. The summed E-state index contributed by atoms with van der Waals surface area (Å²) >= 11 is 1.81. The molecule has 178 valence electrons. The molecule has 1 heterocycles.